The van der Waals surface area contributed by atoms with Gasteiger partial charge in [0.2, 0.25) is 0 Å². The van der Waals surface area contributed by atoms with Crippen molar-refractivity contribution in [2.45, 2.75) is 0 Å². The van der Waals surface area contributed by atoms with Crippen molar-refractivity contribution in [3.8, 4) is 6.07 Å². The van der Waals surface area contributed by atoms with Gasteiger partial charge in [-0.3, -0.25) is 4.79 Å². The van der Waals surface area contributed by atoms with Crippen LogP contribution in [-0.4, -0.2) is 10.9 Å². The normalized spacial score (nSPS) is 10.5. The predicted molar refractivity (Wildman–Crippen MR) is 81.0 cm³/mol. The van der Waals surface area contributed by atoms with Crippen molar-refractivity contribution in [2.24, 2.45) is 0 Å². The van der Waals surface area contributed by atoms with Crippen molar-refractivity contribution in [3.63, 3.8) is 0 Å². The fraction of sp³-hybridized carbons (Fsp3) is 0. The van der Waals surface area contributed by atoms with Gasteiger partial charge >= 0.3 is 0 Å². The van der Waals surface area contributed by atoms with Gasteiger partial charge in [0.1, 0.15) is 17.5 Å². The van der Waals surface area contributed by atoms with E-state index in [1.807, 2.05) is 6.07 Å². The van der Waals surface area contributed by atoms with E-state index in [1.54, 1.807) is 48.7 Å². The smallest absolute Gasteiger partial charge is 0.267 e. The van der Waals surface area contributed by atoms with Gasteiger partial charge in [-0.05, 0) is 36.4 Å². The molecule has 0 atom stereocenters. The number of nitrogens with zero attached hydrogens (tertiary/aromatic N) is 2. The second-order valence-electron chi connectivity index (χ2n) is 4.11. The summed E-state index contributed by atoms with van der Waals surface area (Å²) in [6.07, 6.45) is 2.92. The van der Waals surface area contributed by atoms with E-state index in [4.69, 9.17) is 11.0 Å². The molecule has 0 spiro atoms. The molecule has 1 aromatic heterocycles. The number of nitrogen functional groups attached to an aromatic ring is 1. The Kier molecular flexibility index (Phi) is 4.51. The highest BCUT2D eigenvalue weighted by Crippen LogP contribution is 2.11. The van der Waals surface area contributed by atoms with E-state index in [0.29, 0.717) is 17.2 Å². The minimum Gasteiger partial charge on any atom is -0.399 e. The van der Waals surface area contributed by atoms with Crippen molar-refractivity contribution in [1.29, 1.82) is 5.26 Å². The molecule has 0 radical (unpaired) electrons. The van der Waals surface area contributed by atoms with Crippen molar-refractivity contribution < 1.29 is 4.79 Å². The molecule has 0 unspecified atom stereocenters. The molecule has 1 heterocycles. The van der Waals surface area contributed by atoms with E-state index in [0.717, 1.165) is 0 Å². The number of aromatic nitrogens is 1. The molecule has 6 heteroatoms. The molecule has 1 aromatic carbocycles. The lowest BCUT2D eigenvalue weighted by molar-refractivity contribution is -0.112. The molecule has 0 aliphatic carbocycles. The standard InChI is InChI=1S/C15H13N5O/c16-9-11(10-19-14-3-1-2-8-18-14)15(21)20-13-6-4-12(17)5-7-13/h1-8,10H,17H2,(H,18,19)(H,20,21)/b11-10-. The number of carbonyl (C=O) groups is 1. The van der Waals surface area contributed by atoms with Crippen LogP contribution in [0.2, 0.25) is 0 Å². The van der Waals surface area contributed by atoms with Gasteiger partial charge in [-0.2, -0.15) is 5.26 Å². The molecular weight excluding hydrogens is 266 g/mol. The third-order valence-electron chi connectivity index (χ3n) is 2.56. The van der Waals surface area contributed by atoms with Crippen molar-refractivity contribution in [1.82, 2.24) is 4.98 Å². The third-order valence-corrected chi connectivity index (χ3v) is 2.56. The SMILES string of the molecule is N#C/C(=C/Nc1ccccn1)C(=O)Nc1ccc(N)cc1. The number of benzene rings is 1. The largest absolute Gasteiger partial charge is 0.399 e. The van der Waals surface area contributed by atoms with Gasteiger partial charge in [0.15, 0.2) is 0 Å². The Labute approximate surface area is 121 Å². The van der Waals surface area contributed by atoms with Gasteiger partial charge in [0.25, 0.3) is 5.91 Å². The molecule has 21 heavy (non-hydrogen) atoms. The maximum Gasteiger partial charge on any atom is 0.267 e. The summed E-state index contributed by atoms with van der Waals surface area (Å²) in [6, 6.07) is 13.8. The van der Waals surface area contributed by atoms with Crippen LogP contribution in [0.4, 0.5) is 17.2 Å². The van der Waals surface area contributed by atoms with E-state index in [1.165, 1.54) is 6.20 Å². The van der Waals surface area contributed by atoms with Crippen LogP contribution in [-0.2, 0) is 4.79 Å². The Hall–Kier alpha value is -3.33. The Morgan fingerprint density at radius 3 is 2.62 bits per heavy atom. The summed E-state index contributed by atoms with van der Waals surface area (Å²) in [7, 11) is 0. The summed E-state index contributed by atoms with van der Waals surface area (Å²) < 4.78 is 0. The third kappa shape index (κ3) is 4.08. The lowest BCUT2D eigenvalue weighted by Gasteiger charge is -2.05. The van der Waals surface area contributed by atoms with Crippen molar-refractivity contribution >= 4 is 23.1 Å². The number of nitriles is 1. The molecular formula is C15H13N5O. The average molecular weight is 279 g/mol. The molecule has 0 bridgehead atoms. The zero-order valence-electron chi connectivity index (χ0n) is 11.1. The van der Waals surface area contributed by atoms with Crippen LogP contribution in [0.5, 0.6) is 0 Å². The zero-order chi connectivity index (χ0) is 15.1. The van der Waals surface area contributed by atoms with Gasteiger partial charge in [0.05, 0.1) is 0 Å². The molecule has 0 saturated heterocycles. The summed E-state index contributed by atoms with van der Waals surface area (Å²) in [5, 5.41) is 14.4. The van der Waals surface area contributed by atoms with Gasteiger partial charge in [-0.25, -0.2) is 4.98 Å². The minimum absolute atomic E-state index is 0.0579. The molecule has 0 aliphatic rings. The van der Waals surface area contributed by atoms with E-state index in [9.17, 15) is 4.79 Å². The molecule has 1 amide bonds. The maximum absolute atomic E-state index is 12.0. The van der Waals surface area contributed by atoms with Crippen LogP contribution < -0.4 is 16.4 Å². The number of rotatable bonds is 4. The van der Waals surface area contributed by atoms with Crippen LogP contribution in [0.25, 0.3) is 0 Å². The lowest BCUT2D eigenvalue weighted by atomic mass is 10.2. The van der Waals surface area contributed by atoms with Gasteiger partial charge in [-0.15, -0.1) is 0 Å². The fourth-order valence-corrected chi connectivity index (χ4v) is 1.51. The summed E-state index contributed by atoms with van der Waals surface area (Å²) in [6.45, 7) is 0. The number of hydrogen-bond acceptors (Lipinski definition) is 5. The summed E-state index contributed by atoms with van der Waals surface area (Å²) >= 11 is 0. The minimum atomic E-state index is -0.509. The second-order valence-corrected chi connectivity index (χ2v) is 4.11. The summed E-state index contributed by atoms with van der Waals surface area (Å²) in [5.74, 6) is 0.0382. The first kappa shape index (κ1) is 14.1. The Morgan fingerprint density at radius 1 is 1.24 bits per heavy atom. The molecule has 4 N–H and O–H groups in total. The van der Waals surface area contributed by atoms with Gasteiger partial charge in [-0.1, -0.05) is 6.07 Å². The van der Waals surface area contributed by atoms with Gasteiger partial charge < -0.3 is 16.4 Å². The summed E-state index contributed by atoms with van der Waals surface area (Å²) in [4.78, 5) is 16.0. The van der Waals surface area contributed by atoms with Crippen molar-refractivity contribution in [2.75, 3.05) is 16.4 Å². The van der Waals surface area contributed by atoms with E-state index in [-0.39, 0.29) is 5.57 Å². The second kappa shape index (κ2) is 6.73. The lowest BCUT2D eigenvalue weighted by Crippen LogP contribution is -2.14. The number of nitrogens with one attached hydrogen (secondary N) is 2. The van der Waals surface area contributed by atoms with Crippen LogP contribution in [0.3, 0.4) is 0 Å². The first-order valence-corrected chi connectivity index (χ1v) is 6.14. The molecule has 0 saturated carbocycles. The zero-order valence-corrected chi connectivity index (χ0v) is 11.1. The highest BCUT2D eigenvalue weighted by molar-refractivity contribution is 6.06. The Balaban J connectivity index is 2.05. The first-order chi connectivity index (χ1) is 10.2. The molecule has 2 aromatic rings. The van der Waals surface area contributed by atoms with Gasteiger partial charge in [0, 0.05) is 23.8 Å². The molecule has 2 rings (SSSR count). The monoisotopic (exact) mass is 279 g/mol. The van der Waals surface area contributed by atoms with Crippen LogP contribution in [0, 0.1) is 11.3 Å². The first-order valence-electron chi connectivity index (χ1n) is 6.14. The fourth-order valence-electron chi connectivity index (χ4n) is 1.51. The molecule has 0 aliphatic heterocycles. The quantitative estimate of drug-likeness (QED) is 0.452. The summed E-state index contributed by atoms with van der Waals surface area (Å²) in [5.41, 5.74) is 6.67. The number of anilines is 3. The molecule has 6 nitrogen and oxygen atoms in total. The highest BCUT2D eigenvalue weighted by Gasteiger charge is 2.09. The number of pyridine rings is 1. The number of carbonyl (C=O) groups excluding carboxylic acids is 1. The topological polar surface area (TPSA) is 104 Å². The Bertz CT molecular complexity index is 686. The molecule has 104 valence electrons. The van der Waals surface area contributed by atoms with Crippen LogP contribution in [0.1, 0.15) is 0 Å². The Morgan fingerprint density at radius 2 is 2.00 bits per heavy atom. The van der Waals surface area contributed by atoms with E-state index in [2.05, 4.69) is 15.6 Å². The number of hydrogen-bond donors (Lipinski definition) is 3. The number of amides is 1. The number of nitrogens with two attached hydrogens (primary N) is 1. The maximum atomic E-state index is 12.0. The van der Waals surface area contributed by atoms with E-state index < -0.39 is 5.91 Å². The average Bonchev–Trinajstić information content (AvgIpc) is 2.51. The van der Waals surface area contributed by atoms with Crippen molar-refractivity contribution in [3.05, 3.63) is 60.4 Å². The molecule has 0 fully saturated rings. The van der Waals surface area contributed by atoms with E-state index >= 15 is 0 Å². The predicted octanol–water partition coefficient (Wildman–Crippen LogP) is 2.12. The van der Waals surface area contributed by atoms with Crippen LogP contribution >= 0.6 is 0 Å². The highest BCUT2D eigenvalue weighted by atomic mass is 16.1. The van der Waals surface area contributed by atoms with Crippen LogP contribution in [0.15, 0.2) is 60.4 Å².